The fourth-order valence-corrected chi connectivity index (χ4v) is 7.33. The van der Waals surface area contributed by atoms with Gasteiger partial charge in [0.15, 0.2) is 6.10 Å². The Morgan fingerprint density at radius 1 is 0.345 bits per heavy atom. The summed E-state index contributed by atoms with van der Waals surface area (Å²) in [6.07, 6.45) is 43.7. The lowest BCUT2D eigenvalue weighted by Crippen LogP contribution is -2.30. The molecule has 0 radical (unpaired) electrons. The van der Waals surface area contributed by atoms with Gasteiger partial charge in [-0.1, -0.05) is 233 Å². The zero-order valence-electron chi connectivity index (χ0n) is 37.4. The molecule has 0 rings (SSSR count). The Hall–Kier alpha value is -1.59. The van der Waals surface area contributed by atoms with Gasteiger partial charge in [-0.15, -0.1) is 0 Å². The molecule has 0 unspecified atom stereocenters. The summed E-state index contributed by atoms with van der Waals surface area (Å²) in [5.74, 6) is -0.0171. The van der Waals surface area contributed by atoms with Crippen LogP contribution in [-0.2, 0) is 28.6 Å². The maximum absolute atomic E-state index is 12.7. The highest BCUT2D eigenvalue weighted by Gasteiger charge is 2.19. The van der Waals surface area contributed by atoms with Gasteiger partial charge in [-0.2, -0.15) is 0 Å². The van der Waals surface area contributed by atoms with Gasteiger partial charge in [-0.05, 0) is 25.2 Å². The minimum absolute atomic E-state index is 0.0633. The van der Waals surface area contributed by atoms with Gasteiger partial charge in [-0.25, -0.2) is 0 Å². The monoisotopic (exact) mass is 779 g/mol. The Morgan fingerprint density at radius 3 is 0.891 bits per heavy atom. The lowest BCUT2D eigenvalue weighted by Gasteiger charge is -2.18. The van der Waals surface area contributed by atoms with Crippen molar-refractivity contribution in [3.63, 3.8) is 0 Å². The molecule has 0 amide bonds. The predicted octanol–water partition coefficient (Wildman–Crippen LogP) is 15.5. The quantitative estimate of drug-likeness (QED) is 0.0348. The summed E-state index contributed by atoms with van der Waals surface area (Å²) in [4.78, 5) is 37.8. The second kappa shape index (κ2) is 43.5. The van der Waals surface area contributed by atoms with E-state index in [0.29, 0.717) is 19.3 Å². The summed E-state index contributed by atoms with van der Waals surface area (Å²) in [6, 6.07) is 0. The molecule has 0 aromatic rings. The Labute approximate surface area is 342 Å². The maximum Gasteiger partial charge on any atom is 0.306 e. The van der Waals surface area contributed by atoms with Crippen molar-refractivity contribution in [2.45, 2.75) is 278 Å². The number of carbonyl (C=O) groups is 3. The van der Waals surface area contributed by atoms with Crippen LogP contribution in [0.3, 0.4) is 0 Å². The summed E-state index contributed by atoms with van der Waals surface area (Å²) < 4.78 is 16.7. The minimum Gasteiger partial charge on any atom is -0.462 e. The standard InChI is InChI=1S/C49H94O6/c1-5-7-9-11-13-15-16-17-22-26-30-34-38-42-49(52)55-46(43-53-47(50)40-36-32-28-23-14-12-10-8-6-2)44-54-48(51)41-37-33-29-25-21-19-18-20-24-27-31-35-39-45(3)4/h45-46H,5-44H2,1-4H3/t46-/m1/s1. The average Bonchev–Trinajstić information content (AvgIpc) is 3.17. The molecule has 0 aromatic heterocycles. The lowest BCUT2D eigenvalue weighted by molar-refractivity contribution is -0.167. The molecule has 55 heavy (non-hydrogen) atoms. The van der Waals surface area contributed by atoms with Gasteiger partial charge in [0.2, 0.25) is 0 Å². The molecule has 0 aliphatic rings. The van der Waals surface area contributed by atoms with E-state index in [9.17, 15) is 14.4 Å². The number of hydrogen-bond donors (Lipinski definition) is 0. The topological polar surface area (TPSA) is 78.9 Å². The molecule has 0 saturated carbocycles. The van der Waals surface area contributed by atoms with E-state index in [1.807, 2.05) is 0 Å². The van der Waals surface area contributed by atoms with Gasteiger partial charge in [-0.3, -0.25) is 14.4 Å². The largest absolute Gasteiger partial charge is 0.462 e. The molecule has 0 fully saturated rings. The lowest BCUT2D eigenvalue weighted by atomic mass is 10.0. The number of ether oxygens (including phenoxy) is 3. The van der Waals surface area contributed by atoms with Crippen molar-refractivity contribution in [1.82, 2.24) is 0 Å². The second-order valence-corrected chi connectivity index (χ2v) is 17.2. The van der Waals surface area contributed by atoms with Crippen molar-refractivity contribution < 1.29 is 28.6 Å². The number of hydrogen-bond acceptors (Lipinski definition) is 6. The van der Waals surface area contributed by atoms with Crippen LogP contribution in [0.15, 0.2) is 0 Å². The Morgan fingerprint density at radius 2 is 0.600 bits per heavy atom. The van der Waals surface area contributed by atoms with Crippen LogP contribution in [-0.4, -0.2) is 37.2 Å². The third kappa shape index (κ3) is 43.4. The van der Waals surface area contributed by atoms with E-state index < -0.39 is 6.10 Å². The van der Waals surface area contributed by atoms with Crippen LogP contribution in [0, 0.1) is 5.92 Å². The van der Waals surface area contributed by atoms with E-state index in [2.05, 4.69) is 27.7 Å². The van der Waals surface area contributed by atoms with E-state index in [4.69, 9.17) is 14.2 Å². The van der Waals surface area contributed by atoms with Crippen LogP contribution in [0.2, 0.25) is 0 Å². The summed E-state index contributed by atoms with van der Waals surface area (Å²) in [5.41, 5.74) is 0. The highest BCUT2D eigenvalue weighted by atomic mass is 16.6. The van der Waals surface area contributed by atoms with Crippen LogP contribution in [0.1, 0.15) is 272 Å². The Bertz CT molecular complexity index is 826. The predicted molar refractivity (Wildman–Crippen MR) is 233 cm³/mol. The minimum atomic E-state index is -0.759. The molecule has 0 aromatic carbocycles. The van der Waals surface area contributed by atoms with Crippen molar-refractivity contribution in [2.24, 2.45) is 5.92 Å². The summed E-state index contributed by atoms with van der Waals surface area (Å²) in [7, 11) is 0. The third-order valence-corrected chi connectivity index (χ3v) is 11.0. The van der Waals surface area contributed by atoms with E-state index in [-0.39, 0.29) is 31.1 Å². The van der Waals surface area contributed by atoms with Gasteiger partial charge in [0.25, 0.3) is 0 Å². The number of esters is 3. The molecule has 0 N–H and O–H groups in total. The van der Waals surface area contributed by atoms with E-state index in [1.165, 1.54) is 167 Å². The zero-order chi connectivity index (χ0) is 40.3. The van der Waals surface area contributed by atoms with Crippen molar-refractivity contribution in [2.75, 3.05) is 13.2 Å². The van der Waals surface area contributed by atoms with Gasteiger partial charge in [0.1, 0.15) is 13.2 Å². The maximum atomic E-state index is 12.7. The van der Waals surface area contributed by atoms with Crippen molar-refractivity contribution in [3.05, 3.63) is 0 Å². The van der Waals surface area contributed by atoms with Crippen molar-refractivity contribution >= 4 is 17.9 Å². The molecule has 6 nitrogen and oxygen atoms in total. The first-order chi connectivity index (χ1) is 26.9. The normalized spacial score (nSPS) is 11.9. The Kier molecular flexibility index (Phi) is 42.3. The molecule has 1 atom stereocenters. The zero-order valence-corrected chi connectivity index (χ0v) is 37.4. The summed E-state index contributed by atoms with van der Waals surface area (Å²) >= 11 is 0. The average molecular weight is 779 g/mol. The molecule has 0 spiro atoms. The molecule has 0 bridgehead atoms. The molecule has 6 heteroatoms. The van der Waals surface area contributed by atoms with Crippen LogP contribution in [0.4, 0.5) is 0 Å². The van der Waals surface area contributed by atoms with Crippen LogP contribution >= 0.6 is 0 Å². The van der Waals surface area contributed by atoms with E-state index in [1.54, 1.807) is 0 Å². The molecule has 0 aliphatic heterocycles. The Balaban J connectivity index is 4.28. The van der Waals surface area contributed by atoms with E-state index >= 15 is 0 Å². The van der Waals surface area contributed by atoms with Gasteiger partial charge >= 0.3 is 17.9 Å². The van der Waals surface area contributed by atoms with Gasteiger partial charge in [0, 0.05) is 19.3 Å². The molecular weight excluding hydrogens is 685 g/mol. The van der Waals surface area contributed by atoms with Crippen LogP contribution in [0.25, 0.3) is 0 Å². The number of carbonyl (C=O) groups excluding carboxylic acids is 3. The molecule has 0 heterocycles. The van der Waals surface area contributed by atoms with Crippen molar-refractivity contribution in [1.29, 1.82) is 0 Å². The third-order valence-electron chi connectivity index (χ3n) is 11.0. The smallest absolute Gasteiger partial charge is 0.306 e. The van der Waals surface area contributed by atoms with Crippen molar-refractivity contribution in [3.8, 4) is 0 Å². The molecular formula is C49H94O6. The van der Waals surface area contributed by atoms with Gasteiger partial charge in [0.05, 0.1) is 0 Å². The van der Waals surface area contributed by atoms with E-state index in [0.717, 1.165) is 63.7 Å². The molecule has 0 aliphatic carbocycles. The van der Waals surface area contributed by atoms with Crippen LogP contribution < -0.4 is 0 Å². The number of rotatable bonds is 44. The molecule has 326 valence electrons. The summed E-state index contributed by atoms with van der Waals surface area (Å²) in [6.45, 7) is 9.00. The SMILES string of the molecule is CCCCCCCCCCCCCCCC(=O)O[C@H](COC(=O)CCCCCCCCCCC)COC(=O)CCCCCCCCCCCCCCC(C)C. The molecule has 0 saturated heterocycles. The first kappa shape index (κ1) is 53.4. The fraction of sp³-hybridized carbons (Fsp3) is 0.939. The van der Waals surface area contributed by atoms with Gasteiger partial charge < -0.3 is 14.2 Å². The second-order valence-electron chi connectivity index (χ2n) is 17.2. The highest BCUT2D eigenvalue weighted by molar-refractivity contribution is 5.71. The highest BCUT2D eigenvalue weighted by Crippen LogP contribution is 2.17. The first-order valence-electron chi connectivity index (χ1n) is 24.4. The first-order valence-corrected chi connectivity index (χ1v) is 24.4. The number of unbranched alkanes of at least 4 members (excludes halogenated alkanes) is 31. The van der Waals surface area contributed by atoms with Crippen LogP contribution in [0.5, 0.6) is 0 Å². The fourth-order valence-electron chi connectivity index (χ4n) is 7.33. The summed E-state index contributed by atoms with van der Waals surface area (Å²) in [5, 5.41) is 0.